The number of hydrogen-bond donors (Lipinski definition) is 1. The van der Waals surface area contributed by atoms with Crippen molar-refractivity contribution in [1.29, 1.82) is 0 Å². The maximum absolute atomic E-state index is 13.2. The molecule has 2 rings (SSSR count). The Morgan fingerprint density at radius 3 is 2.20 bits per heavy atom. The van der Waals surface area contributed by atoms with Gasteiger partial charge in [-0.2, -0.15) is 0 Å². The Kier molecular flexibility index (Phi) is 10.6. The predicted octanol–water partition coefficient (Wildman–Crippen LogP) is 3.49. The quantitative estimate of drug-likeness (QED) is 0.451. The molecule has 0 bridgehead atoms. The van der Waals surface area contributed by atoms with E-state index >= 15 is 0 Å². The number of likely N-dealkylation sites (N-methyl/N-ethyl adjacent to an activating group) is 1. The Morgan fingerprint density at radius 2 is 1.66 bits per heavy atom. The van der Waals surface area contributed by atoms with Crippen molar-refractivity contribution in [3.8, 4) is 5.75 Å². The van der Waals surface area contributed by atoms with E-state index in [1.165, 1.54) is 4.31 Å². The zero-order valence-corrected chi connectivity index (χ0v) is 22.1. The zero-order chi connectivity index (χ0) is 26.0. The van der Waals surface area contributed by atoms with Gasteiger partial charge in [0.1, 0.15) is 11.8 Å². The minimum absolute atomic E-state index is 0.110. The highest BCUT2D eigenvalue weighted by atomic mass is 32.2. The van der Waals surface area contributed by atoms with E-state index in [9.17, 15) is 18.0 Å². The van der Waals surface area contributed by atoms with Crippen LogP contribution in [0.1, 0.15) is 44.7 Å². The monoisotopic (exact) mass is 503 g/mol. The van der Waals surface area contributed by atoms with E-state index in [0.29, 0.717) is 37.6 Å². The summed E-state index contributed by atoms with van der Waals surface area (Å²) in [6.07, 6.45) is 1.57. The molecular formula is C26H37N3O5S. The van der Waals surface area contributed by atoms with Crippen LogP contribution in [0.5, 0.6) is 5.75 Å². The van der Waals surface area contributed by atoms with Gasteiger partial charge in [0.05, 0.1) is 18.6 Å². The number of hydrogen-bond acceptors (Lipinski definition) is 5. The van der Waals surface area contributed by atoms with Gasteiger partial charge in [0.2, 0.25) is 21.8 Å². The molecule has 8 nitrogen and oxygen atoms in total. The summed E-state index contributed by atoms with van der Waals surface area (Å²) < 4.78 is 31.6. The number of carbonyl (C=O) groups is 2. The molecule has 0 saturated carbocycles. The van der Waals surface area contributed by atoms with Crippen LogP contribution in [0, 0.1) is 6.92 Å². The third-order valence-electron chi connectivity index (χ3n) is 5.58. The molecule has 0 fully saturated rings. The number of rotatable bonds is 13. The Morgan fingerprint density at radius 1 is 1.03 bits per heavy atom. The number of sulfonamides is 1. The molecule has 2 aromatic carbocycles. The number of anilines is 1. The van der Waals surface area contributed by atoms with Gasteiger partial charge < -0.3 is 15.0 Å². The summed E-state index contributed by atoms with van der Waals surface area (Å²) in [5.41, 5.74) is 2.54. The second-order valence-corrected chi connectivity index (χ2v) is 10.4. The van der Waals surface area contributed by atoms with Crippen LogP contribution < -0.4 is 14.4 Å². The van der Waals surface area contributed by atoms with Crippen molar-refractivity contribution in [2.45, 2.75) is 53.1 Å². The first-order chi connectivity index (χ1) is 16.6. The van der Waals surface area contributed by atoms with Crippen molar-refractivity contribution in [3.05, 3.63) is 59.7 Å². The topological polar surface area (TPSA) is 96.0 Å². The van der Waals surface area contributed by atoms with Crippen molar-refractivity contribution in [2.75, 3.05) is 30.3 Å². The van der Waals surface area contributed by atoms with Gasteiger partial charge in [0.25, 0.3) is 0 Å². The summed E-state index contributed by atoms with van der Waals surface area (Å²) in [6.45, 7) is 8.84. The van der Waals surface area contributed by atoms with Crippen LogP contribution in [0.15, 0.2) is 48.5 Å². The molecule has 0 unspecified atom stereocenters. The normalized spacial score (nSPS) is 12.0. The fourth-order valence-corrected chi connectivity index (χ4v) is 4.64. The third kappa shape index (κ3) is 8.58. The molecule has 9 heteroatoms. The Labute approximate surface area is 209 Å². The number of amides is 2. The first-order valence-corrected chi connectivity index (χ1v) is 13.7. The summed E-state index contributed by atoms with van der Waals surface area (Å²) in [5, 5.41) is 2.77. The van der Waals surface area contributed by atoms with Crippen LogP contribution in [0.4, 0.5) is 5.69 Å². The fourth-order valence-electron chi connectivity index (χ4n) is 3.67. The van der Waals surface area contributed by atoms with Gasteiger partial charge in [0, 0.05) is 26.1 Å². The van der Waals surface area contributed by atoms with Gasteiger partial charge in [-0.15, -0.1) is 0 Å². The summed E-state index contributed by atoms with van der Waals surface area (Å²) in [6, 6.07) is 14.0. The number of benzene rings is 2. The third-order valence-corrected chi connectivity index (χ3v) is 6.77. The van der Waals surface area contributed by atoms with Crippen molar-refractivity contribution in [1.82, 2.24) is 10.2 Å². The largest absolute Gasteiger partial charge is 0.494 e. The van der Waals surface area contributed by atoms with Crippen LogP contribution >= 0.6 is 0 Å². The smallest absolute Gasteiger partial charge is 0.242 e. The number of nitrogens with one attached hydrogen (secondary N) is 1. The summed E-state index contributed by atoms with van der Waals surface area (Å²) in [7, 11) is -3.55. The number of ether oxygens (including phenoxy) is 1. The summed E-state index contributed by atoms with van der Waals surface area (Å²) >= 11 is 0. The molecule has 0 aliphatic rings. The average Bonchev–Trinajstić information content (AvgIpc) is 2.81. The number of carbonyl (C=O) groups excluding carboxylic acids is 2. The lowest BCUT2D eigenvalue weighted by Crippen LogP contribution is -2.47. The molecule has 35 heavy (non-hydrogen) atoms. The van der Waals surface area contributed by atoms with E-state index in [4.69, 9.17) is 4.74 Å². The van der Waals surface area contributed by atoms with Crippen LogP contribution in [0.2, 0.25) is 0 Å². The molecule has 0 aliphatic heterocycles. The Balaban J connectivity index is 2.13. The Hall–Kier alpha value is -3.07. The van der Waals surface area contributed by atoms with Gasteiger partial charge in [-0.25, -0.2) is 8.42 Å². The van der Waals surface area contributed by atoms with E-state index in [-0.39, 0.29) is 24.8 Å². The van der Waals surface area contributed by atoms with Crippen LogP contribution in [0.25, 0.3) is 0 Å². The molecule has 1 atom stereocenters. The number of aryl methyl sites for hydroxylation is 1. The SMILES string of the molecule is CCNC(=O)[C@H](C)N(Cc1ccc(C)cc1)C(=O)CCCN(c1ccc(OCC)cc1)S(C)(=O)=O. The lowest BCUT2D eigenvalue weighted by atomic mass is 10.1. The number of nitrogens with zero attached hydrogens (tertiary/aromatic N) is 2. The molecule has 0 saturated heterocycles. The first-order valence-electron chi connectivity index (χ1n) is 11.9. The average molecular weight is 504 g/mol. The van der Waals surface area contributed by atoms with E-state index in [1.54, 1.807) is 36.1 Å². The second kappa shape index (κ2) is 13.1. The molecular weight excluding hydrogens is 466 g/mol. The van der Waals surface area contributed by atoms with Crippen LogP contribution in [-0.2, 0) is 26.2 Å². The van der Waals surface area contributed by atoms with Gasteiger partial charge in [-0.1, -0.05) is 29.8 Å². The first kappa shape index (κ1) is 28.2. The van der Waals surface area contributed by atoms with E-state index in [1.807, 2.05) is 45.0 Å². The molecule has 0 aliphatic carbocycles. The van der Waals surface area contributed by atoms with Gasteiger partial charge in [-0.05, 0) is 63.9 Å². The van der Waals surface area contributed by atoms with E-state index in [2.05, 4.69) is 5.32 Å². The predicted molar refractivity (Wildman–Crippen MR) is 139 cm³/mol. The van der Waals surface area contributed by atoms with Crippen molar-refractivity contribution in [2.24, 2.45) is 0 Å². The maximum atomic E-state index is 13.2. The van der Waals surface area contributed by atoms with Crippen molar-refractivity contribution in [3.63, 3.8) is 0 Å². The highest BCUT2D eigenvalue weighted by molar-refractivity contribution is 7.92. The molecule has 2 amide bonds. The minimum atomic E-state index is -3.55. The summed E-state index contributed by atoms with van der Waals surface area (Å²) in [4.78, 5) is 27.3. The molecule has 0 heterocycles. The molecule has 0 spiro atoms. The van der Waals surface area contributed by atoms with Crippen LogP contribution in [-0.4, -0.2) is 57.1 Å². The van der Waals surface area contributed by atoms with Gasteiger partial charge in [0.15, 0.2) is 0 Å². The van der Waals surface area contributed by atoms with E-state index in [0.717, 1.165) is 17.4 Å². The lowest BCUT2D eigenvalue weighted by Gasteiger charge is -2.29. The minimum Gasteiger partial charge on any atom is -0.494 e. The highest BCUT2D eigenvalue weighted by Crippen LogP contribution is 2.22. The lowest BCUT2D eigenvalue weighted by molar-refractivity contribution is -0.140. The van der Waals surface area contributed by atoms with Crippen molar-refractivity contribution < 1.29 is 22.7 Å². The molecule has 0 aromatic heterocycles. The Bertz CT molecular complexity index is 1070. The molecule has 2 aromatic rings. The molecule has 1 N–H and O–H groups in total. The van der Waals surface area contributed by atoms with Gasteiger partial charge >= 0.3 is 0 Å². The zero-order valence-electron chi connectivity index (χ0n) is 21.3. The van der Waals surface area contributed by atoms with Crippen molar-refractivity contribution >= 4 is 27.5 Å². The van der Waals surface area contributed by atoms with E-state index < -0.39 is 16.1 Å². The van der Waals surface area contributed by atoms with Gasteiger partial charge in [-0.3, -0.25) is 13.9 Å². The second-order valence-electron chi connectivity index (χ2n) is 8.44. The fraction of sp³-hybridized carbons (Fsp3) is 0.462. The standard InChI is InChI=1S/C26H37N3O5S/c1-6-27-26(31)21(4)28(19-22-12-10-20(3)11-13-22)25(30)9-8-18-29(35(5,32)33)23-14-16-24(17-15-23)34-7-2/h10-17,21H,6-9,18-19H2,1-5H3,(H,27,31)/t21-/m0/s1. The van der Waals surface area contributed by atoms with Crippen LogP contribution in [0.3, 0.4) is 0 Å². The molecule has 192 valence electrons. The molecule has 0 radical (unpaired) electrons. The summed E-state index contributed by atoms with van der Waals surface area (Å²) in [5.74, 6) is 0.232. The highest BCUT2D eigenvalue weighted by Gasteiger charge is 2.26. The maximum Gasteiger partial charge on any atom is 0.242 e.